The Morgan fingerprint density at radius 2 is 1.69 bits per heavy atom. The lowest BCUT2D eigenvalue weighted by Crippen LogP contribution is -2.24. The first-order valence-corrected chi connectivity index (χ1v) is 8.60. The van der Waals surface area contributed by atoms with Gasteiger partial charge in [0.1, 0.15) is 5.82 Å². The van der Waals surface area contributed by atoms with E-state index in [1.165, 1.54) is 0 Å². The summed E-state index contributed by atoms with van der Waals surface area (Å²) in [5.41, 5.74) is 3.01. The Hall–Kier alpha value is -3.21. The molecule has 0 fully saturated rings. The van der Waals surface area contributed by atoms with Crippen LogP contribution in [0.4, 0.5) is 0 Å². The highest BCUT2D eigenvalue weighted by Gasteiger charge is 2.10. The van der Waals surface area contributed by atoms with E-state index in [9.17, 15) is 4.79 Å². The van der Waals surface area contributed by atoms with Crippen molar-refractivity contribution in [3.8, 4) is 11.4 Å². The zero-order valence-corrected chi connectivity index (χ0v) is 15.0. The Kier molecular flexibility index (Phi) is 5.59. The first kappa shape index (κ1) is 17.6. The van der Waals surface area contributed by atoms with Gasteiger partial charge < -0.3 is 9.88 Å². The molecule has 26 heavy (non-hydrogen) atoms. The molecule has 0 spiro atoms. The number of amides is 1. The topological polar surface area (TPSA) is 59.8 Å². The number of allylic oxidation sites excluding steroid dienone is 1. The fourth-order valence-corrected chi connectivity index (χ4v) is 2.75. The van der Waals surface area contributed by atoms with Gasteiger partial charge in [-0.2, -0.15) is 0 Å². The highest BCUT2D eigenvalue weighted by molar-refractivity contribution is 5.94. The van der Waals surface area contributed by atoms with E-state index < -0.39 is 0 Å². The van der Waals surface area contributed by atoms with Crippen molar-refractivity contribution in [3.05, 3.63) is 78.1 Å². The molecule has 5 heteroatoms. The number of benzene rings is 2. The molecule has 0 unspecified atom stereocenters. The molecule has 2 aromatic carbocycles. The van der Waals surface area contributed by atoms with E-state index in [-0.39, 0.29) is 5.91 Å². The van der Waals surface area contributed by atoms with Crippen LogP contribution in [-0.4, -0.2) is 27.2 Å². The minimum Gasteiger partial charge on any atom is -0.352 e. The smallest absolute Gasteiger partial charge is 0.244 e. The molecule has 5 nitrogen and oxygen atoms in total. The van der Waals surface area contributed by atoms with Crippen molar-refractivity contribution in [2.75, 3.05) is 6.54 Å². The number of hydrogen-bond donors (Lipinski definition) is 1. The molecule has 3 aromatic rings. The van der Waals surface area contributed by atoms with Gasteiger partial charge in [0.2, 0.25) is 5.91 Å². The lowest BCUT2D eigenvalue weighted by atomic mass is 10.1. The van der Waals surface area contributed by atoms with Crippen LogP contribution < -0.4 is 5.32 Å². The second-order valence-corrected chi connectivity index (χ2v) is 6.10. The predicted molar refractivity (Wildman–Crippen MR) is 103 cm³/mol. The van der Waals surface area contributed by atoms with Gasteiger partial charge in [0.25, 0.3) is 0 Å². The maximum atomic E-state index is 12.1. The number of nitrogens with one attached hydrogen (secondary N) is 1. The van der Waals surface area contributed by atoms with Crippen LogP contribution in [0, 0.1) is 0 Å². The maximum absolute atomic E-state index is 12.1. The normalized spacial score (nSPS) is 11.4. The van der Waals surface area contributed by atoms with Crippen LogP contribution in [0.15, 0.2) is 66.7 Å². The Morgan fingerprint density at radius 1 is 1.04 bits per heavy atom. The van der Waals surface area contributed by atoms with Crippen molar-refractivity contribution in [1.29, 1.82) is 0 Å². The zero-order chi connectivity index (χ0) is 18.4. The Balaban J connectivity index is 1.57. The van der Waals surface area contributed by atoms with Crippen LogP contribution in [0.3, 0.4) is 0 Å². The fraction of sp³-hybridized carbons (Fsp3) is 0.190. The van der Waals surface area contributed by atoms with Crippen molar-refractivity contribution in [2.24, 2.45) is 7.05 Å². The van der Waals surface area contributed by atoms with Gasteiger partial charge in [-0.1, -0.05) is 60.7 Å². The minimum absolute atomic E-state index is 0.100. The molecule has 1 amide bonds. The van der Waals surface area contributed by atoms with Crippen LogP contribution in [-0.2, 0) is 18.3 Å². The van der Waals surface area contributed by atoms with Crippen molar-refractivity contribution in [1.82, 2.24) is 20.1 Å². The molecular formula is C21H22N4O. The average Bonchev–Trinajstić information content (AvgIpc) is 3.04. The van der Waals surface area contributed by atoms with Crippen LogP contribution in [0.25, 0.3) is 17.0 Å². The Bertz CT molecular complexity index is 898. The van der Waals surface area contributed by atoms with Crippen LogP contribution in [0.5, 0.6) is 0 Å². The van der Waals surface area contributed by atoms with Gasteiger partial charge in [0.15, 0.2) is 5.82 Å². The lowest BCUT2D eigenvalue weighted by Gasteiger charge is -2.06. The summed E-state index contributed by atoms with van der Waals surface area (Å²) in [6.45, 7) is 2.45. The van der Waals surface area contributed by atoms with E-state index in [4.69, 9.17) is 0 Å². The summed E-state index contributed by atoms with van der Waals surface area (Å²) < 4.78 is 1.96. The van der Waals surface area contributed by atoms with Crippen molar-refractivity contribution in [2.45, 2.75) is 13.3 Å². The first-order chi connectivity index (χ1) is 12.6. The van der Waals surface area contributed by atoms with Gasteiger partial charge in [-0.3, -0.25) is 4.79 Å². The van der Waals surface area contributed by atoms with E-state index in [2.05, 4.69) is 15.5 Å². The Labute approximate surface area is 153 Å². The largest absolute Gasteiger partial charge is 0.352 e. The summed E-state index contributed by atoms with van der Waals surface area (Å²) in [5.74, 6) is 1.57. The summed E-state index contributed by atoms with van der Waals surface area (Å²) in [7, 11) is 1.94. The molecule has 0 saturated heterocycles. The summed E-state index contributed by atoms with van der Waals surface area (Å²) in [5, 5.41) is 11.4. The monoisotopic (exact) mass is 346 g/mol. The van der Waals surface area contributed by atoms with Gasteiger partial charge in [-0.25, -0.2) is 0 Å². The van der Waals surface area contributed by atoms with E-state index in [0.717, 1.165) is 28.3 Å². The fourth-order valence-electron chi connectivity index (χ4n) is 2.75. The molecule has 0 aliphatic carbocycles. The second kappa shape index (κ2) is 8.25. The van der Waals surface area contributed by atoms with Crippen LogP contribution in [0.1, 0.15) is 18.3 Å². The molecule has 132 valence electrons. The van der Waals surface area contributed by atoms with Crippen molar-refractivity contribution >= 4 is 11.5 Å². The third kappa shape index (κ3) is 4.25. The quantitative estimate of drug-likeness (QED) is 0.697. The van der Waals surface area contributed by atoms with Crippen molar-refractivity contribution < 1.29 is 4.79 Å². The van der Waals surface area contributed by atoms with Crippen LogP contribution >= 0.6 is 0 Å². The van der Waals surface area contributed by atoms with Gasteiger partial charge in [-0.15, -0.1) is 10.2 Å². The molecule has 1 aromatic heterocycles. The van der Waals surface area contributed by atoms with Gasteiger partial charge in [0, 0.05) is 31.7 Å². The number of carbonyl (C=O) groups is 1. The molecule has 0 atom stereocenters. The molecule has 1 N–H and O–H groups in total. The molecule has 0 bridgehead atoms. The van der Waals surface area contributed by atoms with Gasteiger partial charge >= 0.3 is 0 Å². The molecule has 0 aliphatic heterocycles. The number of rotatable bonds is 6. The Morgan fingerprint density at radius 3 is 2.38 bits per heavy atom. The number of nitrogens with zero attached hydrogens (tertiary/aromatic N) is 3. The summed E-state index contributed by atoms with van der Waals surface area (Å²) >= 11 is 0. The number of carbonyl (C=O) groups excluding carboxylic acids is 1. The first-order valence-electron chi connectivity index (χ1n) is 8.60. The third-order valence-corrected chi connectivity index (χ3v) is 4.22. The molecule has 0 saturated carbocycles. The van der Waals surface area contributed by atoms with Crippen molar-refractivity contribution in [3.63, 3.8) is 0 Å². The van der Waals surface area contributed by atoms with E-state index in [1.807, 2.05) is 79.2 Å². The van der Waals surface area contributed by atoms with Gasteiger partial charge in [0.05, 0.1) is 0 Å². The molecule has 0 aliphatic rings. The highest BCUT2D eigenvalue weighted by atomic mass is 16.1. The van der Waals surface area contributed by atoms with Crippen LogP contribution in [0.2, 0.25) is 0 Å². The van der Waals surface area contributed by atoms with E-state index in [0.29, 0.717) is 13.0 Å². The summed E-state index contributed by atoms with van der Waals surface area (Å²) in [4.78, 5) is 12.1. The molecule has 0 radical (unpaired) electrons. The minimum atomic E-state index is -0.100. The second-order valence-electron chi connectivity index (χ2n) is 6.10. The van der Waals surface area contributed by atoms with E-state index in [1.54, 1.807) is 6.08 Å². The molecule has 1 heterocycles. The SMILES string of the molecule is CC(=CC(=O)NCCc1nnc(-c2ccccc2)n1C)c1ccccc1. The van der Waals surface area contributed by atoms with E-state index >= 15 is 0 Å². The number of hydrogen-bond acceptors (Lipinski definition) is 3. The summed E-state index contributed by atoms with van der Waals surface area (Å²) in [6.07, 6.45) is 2.25. The zero-order valence-electron chi connectivity index (χ0n) is 15.0. The number of aromatic nitrogens is 3. The molecular weight excluding hydrogens is 324 g/mol. The van der Waals surface area contributed by atoms with Gasteiger partial charge in [-0.05, 0) is 18.1 Å². The summed E-state index contributed by atoms with van der Waals surface area (Å²) in [6, 6.07) is 19.8. The lowest BCUT2D eigenvalue weighted by molar-refractivity contribution is -0.116. The highest BCUT2D eigenvalue weighted by Crippen LogP contribution is 2.16. The third-order valence-electron chi connectivity index (χ3n) is 4.22. The average molecular weight is 346 g/mol. The molecule has 3 rings (SSSR count). The predicted octanol–water partition coefficient (Wildman–Crippen LogP) is 3.24. The maximum Gasteiger partial charge on any atom is 0.244 e. The standard InChI is InChI=1S/C21H22N4O/c1-16(17-9-5-3-6-10-17)15-20(26)22-14-13-19-23-24-21(25(19)2)18-11-7-4-8-12-18/h3-12,15H,13-14H2,1-2H3,(H,22,26).